The molecule has 8 rings (SSSR count). The van der Waals surface area contributed by atoms with Crippen molar-refractivity contribution in [2.24, 2.45) is 0 Å². The molecule has 176 valence electrons. The van der Waals surface area contributed by atoms with Gasteiger partial charge in [-0.2, -0.15) is 0 Å². The summed E-state index contributed by atoms with van der Waals surface area (Å²) in [6.07, 6.45) is 0. The second kappa shape index (κ2) is 7.60. The van der Waals surface area contributed by atoms with E-state index in [0.717, 1.165) is 0 Å². The zero-order valence-electron chi connectivity index (χ0n) is 21.0. The summed E-state index contributed by atoms with van der Waals surface area (Å²) < 4.78 is 0. The van der Waals surface area contributed by atoms with Crippen LogP contribution in [0.15, 0.2) is 125 Å². The smallest absolute Gasteiger partial charge is 0.0374 e. The van der Waals surface area contributed by atoms with Gasteiger partial charge in [0.2, 0.25) is 0 Å². The van der Waals surface area contributed by atoms with Crippen LogP contribution in [0.3, 0.4) is 0 Å². The Kier molecular flexibility index (Phi) is 4.37. The second-order valence-electron chi connectivity index (χ2n) is 10.9. The molecule has 0 fully saturated rings. The van der Waals surface area contributed by atoms with Gasteiger partial charge in [0.1, 0.15) is 0 Å². The molecule has 0 nitrogen and oxygen atoms in total. The Morgan fingerprint density at radius 1 is 0.541 bits per heavy atom. The lowest BCUT2D eigenvalue weighted by atomic mass is 9.77. The molecule has 0 bridgehead atoms. The van der Waals surface area contributed by atoms with Gasteiger partial charge in [0.25, 0.3) is 0 Å². The lowest BCUT2D eigenvalue weighted by Gasteiger charge is -2.32. The molecule has 37 heavy (non-hydrogen) atoms. The van der Waals surface area contributed by atoms with Crippen molar-refractivity contribution < 1.29 is 0 Å². The molecule has 0 saturated heterocycles. The summed E-state index contributed by atoms with van der Waals surface area (Å²) >= 11 is 1.93. The highest BCUT2D eigenvalue weighted by Gasteiger charge is 2.37. The van der Waals surface area contributed by atoms with Gasteiger partial charge in [0.05, 0.1) is 0 Å². The summed E-state index contributed by atoms with van der Waals surface area (Å²) in [5, 5.41) is 5.34. The molecule has 2 aliphatic rings. The molecule has 1 heteroatoms. The van der Waals surface area contributed by atoms with E-state index in [1.807, 2.05) is 11.8 Å². The molecular weight excluding hydrogens is 464 g/mol. The number of hydrogen-bond donors (Lipinski definition) is 0. The predicted octanol–water partition coefficient (Wildman–Crippen LogP) is 9.94. The summed E-state index contributed by atoms with van der Waals surface area (Å²) in [4.78, 5) is 2.74. The van der Waals surface area contributed by atoms with E-state index < -0.39 is 0 Å². The number of fused-ring (bicyclic) bond motifs is 9. The van der Waals surface area contributed by atoms with Crippen LogP contribution in [0.25, 0.3) is 32.7 Å². The Labute approximate surface area is 222 Å². The Morgan fingerprint density at radius 2 is 1.11 bits per heavy atom. The maximum atomic E-state index is 2.52. The fraction of sp³-hybridized carbons (Fsp3) is 0.111. The highest BCUT2D eigenvalue weighted by atomic mass is 32.2. The minimum Gasteiger partial charge on any atom is -0.0894 e. The molecule has 1 aliphatic carbocycles. The van der Waals surface area contributed by atoms with E-state index in [-0.39, 0.29) is 11.3 Å². The first kappa shape index (κ1) is 21.3. The molecule has 1 heterocycles. The van der Waals surface area contributed by atoms with Gasteiger partial charge >= 0.3 is 0 Å². The minimum atomic E-state index is -0.0193. The van der Waals surface area contributed by atoms with E-state index in [4.69, 9.17) is 0 Å². The summed E-state index contributed by atoms with van der Waals surface area (Å²) in [7, 11) is 0. The van der Waals surface area contributed by atoms with E-state index in [9.17, 15) is 0 Å². The maximum Gasteiger partial charge on any atom is 0.0374 e. The average molecular weight is 491 g/mol. The first-order chi connectivity index (χ1) is 18.1. The van der Waals surface area contributed by atoms with Gasteiger partial charge in [-0.15, -0.1) is 0 Å². The first-order valence-electron chi connectivity index (χ1n) is 13.1. The Balaban J connectivity index is 1.46. The molecule has 0 N–H and O–H groups in total. The van der Waals surface area contributed by atoms with Crippen LogP contribution < -0.4 is 0 Å². The van der Waals surface area contributed by atoms with Gasteiger partial charge in [-0.1, -0.05) is 129 Å². The Bertz CT molecular complexity index is 1810. The Morgan fingerprint density at radius 3 is 1.78 bits per heavy atom. The third-order valence-corrected chi connectivity index (χ3v) is 9.75. The van der Waals surface area contributed by atoms with Crippen molar-refractivity contribution in [3.05, 3.63) is 143 Å². The third-order valence-electron chi connectivity index (χ3n) is 8.60. The fourth-order valence-corrected chi connectivity index (χ4v) is 8.01. The van der Waals surface area contributed by atoms with Crippen LogP contribution in [0.1, 0.15) is 47.6 Å². The molecule has 0 radical (unpaired) electrons. The summed E-state index contributed by atoms with van der Waals surface area (Å²) in [5.74, 6) is 0.174. The van der Waals surface area contributed by atoms with Crippen LogP contribution in [0.2, 0.25) is 0 Å². The van der Waals surface area contributed by atoms with E-state index in [1.165, 1.54) is 70.3 Å². The monoisotopic (exact) mass is 490 g/mol. The van der Waals surface area contributed by atoms with Crippen LogP contribution >= 0.6 is 11.8 Å². The molecule has 0 saturated carbocycles. The standard InChI is InChI=1S/C36H26S/c1-36(2)29-14-8-7-13-27(29)28-18-15-24(21-30(28)36)33-34-25-11-5-3-9-22(25)16-19-31(34)37-32-20-17-23-10-4-6-12-26(23)35(32)33/h3-21,33H,1-2H3. The maximum absolute atomic E-state index is 2.52. The zero-order valence-corrected chi connectivity index (χ0v) is 21.8. The molecule has 0 spiro atoms. The summed E-state index contributed by atoms with van der Waals surface area (Å²) in [6, 6.07) is 43.3. The third kappa shape index (κ3) is 2.92. The Hall–Kier alpha value is -3.81. The van der Waals surface area contributed by atoms with Gasteiger partial charge in [0.15, 0.2) is 0 Å². The largest absolute Gasteiger partial charge is 0.0894 e. The first-order valence-corrected chi connectivity index (χ1v) is 13.9. The van der Waals surface area contributed by atoms with Crippen molar-refractivity contribution >= 4 is 33.3 Å². The van der Waals surface area contributed by atoms with Gasteiger partial charge in [0, 0.05) is 21.1 Å². The van der Waals surface area contributed by atoms with Crippen molar-refractivity contribution in [1.82, 2.24) is 0 Å². The number of hydrogen-bond acceptors (Lipinski definition) is 1. The predicted molar refractivity (Wildman–Crippen MR) is 157 cm³/mol. The number of benzene rings is 6. The van der Waals surface area contributed by atoms with Crippen molar-refractivity contribution in [3.8, 4) is 11.1 Å². The van der Waals surface area contributed by atoms with Gasteiger partial charge in [-0.25, -0.2) is 0 Å². The molecule has 0 unspecified atom stereocenters. The van der Waals surface area contributed by atoms with Crippen LogP contribution in [0, 0.1) is 0 Å². The highest BCUT2D eigenvalue weighted by molar-refractivity contribution is 7.99. The van der Waals surface area contributed by atoms with Crippen LogP contribution in [-0.2, 0) is 5.41 Å². The van der Waals surface area contributed by atoms with E-state index in [0.29, 0.717) is 0 Å². The van der Waals surface area contributed by atoms with Crippen LogP contribution in [0.5, 0.6) is 0 Å². The molecule has 0 amide bonds. The van der Waals surface area contributed by atoms with Crippen molar-refractivity contribution in [3.63, 3.8) is 0 Å². The van der Waals surface area contributed by atoms with E-state index >= 15 is 0 Å². The second-order valence-corrected chi connectivity index (χ2v) is 12.0. The van der Waals surface area contributed by atoms with Gasteiger partial charge in [-0.3, -0.25) is 0 Å². The van der Waals surface area contributed by atoms with Crippen LogP contribution in [0.4, 0.5) is 0 Å². The molecule has 6 aromatic rings. The molecule has 6 aromatic carbocycles. The van der Waals surface area contributed by atoms with Crippen molar-refractivity contribution in [2.75, 3.05) is 0 Å². The molecule has 1 aliphatic heterocycles. The normalized spacial score (nSPS) is 15.3. The molecule has 0 aromatic heterocycles. The lowest BCUT2D eigenvalue weighted by molar-refractivity contribution is 0.658. The molecular formula is C36H26S. The zero-order chi connectivity index (χ0) is 24.7. The van der Waals surface area contributed by atoms with Gasteiger partial charge < -0.3 is 0 Å². The fourth-order valence-electron chi connectivity index (χ4n) is 6.82. The van der Waals surface area contributed by atoms with E-state index in [2.05, 4.69) is 129 Å². The average Bonchev–Trinajstić information content (AvgIpc) is 3.17. The van der Waals surface area contributed by atoms with Crippen LogP contribution in [-0.4, -0.2) is 0 Å². The summed E-state index contributed by atoms with van der Waals surface area (Å²) in [5.41, 5.74) is 9.88. The van der Waals surface area contributed by atoms with Crippen molar-refractivity contribution in [1.29, 1.82) is 0 Å². The topological polar surface area (TPSA) is 0 Å². The van der Waals surface area contributed by atoms with Gasteiger partial charge in [-0.05, 0) is 72.6 Å². The summed E-state index contributed by atoms with van der Waals surface area (Å²) in [6.45, 7) is 4.76. The quantitative estimate of drug-likeness (QED) is 0.221. The van der Waals surface area contributed by atoms with E-state index in [1.54, 1.807) is 0 Å². The highest BCUT2D eigenvalue weighted by Crippen LogP contribution is 2.55. The molecule has 0 atom stereocenters. The minimum absolute atomic E-state index is 0.0193. The SMILES string of the molecule is CC1(C)c2ccccc2-c2ccc(C3c4c(ccc5ccccc45)Sc4ccc5ccccc5c43)cc21. The van der Waals surface area contributed by atoms with Crippen molar-refractivity contribution in [2.45, 2.75) is 35.0 Å². The number of rotatable bonds is 1. The lowest BCUT2D eigenvalue weighted by Crippen LogP contribution is -2.16.